The van der Waals surface area contributed by atoms with Gasteiger partial charge in [0.1, 0.15) is 0 Å². The Labute approximate surface area is 186 Å². The first-order valence-electron chi connectivity index (χ1n) is 10.9. The maximum atomic E-state index is 13.3. The number of rotatable bonds is 6. The number of hydrogen-bond acceptors (Lipinski definition) is 4. The van der Waals surface area contributed by atoms with Crippen LogP contribution >= 0.6 is 0 Å². The topological polar surface area (TPSA) is 44.8 Å². The Morgan fingerprint density at radius 1 is 1.16 bits per heavy atom. The van der Waals surface area contributed by atoms with E-state index < -0.39 is 17.7 Å². The highest BCUT2D eigenvalue weighted by molar-refractivity contribution is 5.82. The zero-order valence-corrected chi connectivity index (χ0v) is 18.1. The van der Waals surface area contributed by atoms with Gasteiger partial charge in [0, 0.05) is 51.3 Å². The fourth-order valence-electron chi connectivity index (χ4n) is 4.73. The minimum atomic E-state index is -4.41. The number of carbonyl (C=O) groups excluding carboxylic acids is 1. The van der Waals surface area contributed by atoms with Crippen LogP contribution in [0.15, 0.2) is 48.5 Å². The van der Waals surface area contributed by atoms with E-state index in [9.17, 15) is 18.0 Å². The first kappa shape index (κ1) is 22.5. The van der Waals surface area contributed by atoms with Crippen LogP contribution in [0.1, 0.15) is 17.5 Å². The molecule has 2 heterocycles. The lowest BCUT2D eigenvalue weighted by Gasteiger charge is -2.49. The minimum absolute atomic E-state index is 0.115. The molecule has 0 bridgehead atoms. The van der Waals surface area contributed by atoms with Gasteiger partial charge in [-0.15, -0.1) is 0 Å². The third kappa shape index (κ3) is 4.70. The lowest BCUT2D eigenvalue weighted by atomic mass is 9.82. The Bertz CT molecular complexity index is 936. The summed E-state index contributed by atoms with van der Waals surface area (Å²) in [6, 6.07) is 13.8. The molecular weight excluding hydrogens is 419 g/mol. The second-order valence-electron chi connectivity index (χ2n) is 8.33. The maximum absolute atomic E-state index is 13.3. The van der Waals surface area contributed by atoms with Crippen molar-refractivity contribution < 1.29 is 22.7 Å². The molecule has 0 spiro atoms. The Balaban J connectivity index is 1.62. The molecule has 1 fully saturated rings. The van der Waals surface area contributed by atoms with Crippen molar-refractivity contribution in [2.45, 2.75) is 25.1 Å². The molecule has 1 amide bonds. The molecular formula is C24H28F3N3O2. The van der Waals surface area contributed by atoms with Crippen molar-refractivity contribution in [1.29, 1.82) is 0 Å². The second kappa shape index (κ2) is 9.40. The van der Waals surface area contributed by atoms with Gasteiger partial charge in [-0.3, -0.25) is 4.79 Å². The van der Waals surface area contributed by atoms with Crippen molar-refractivity contribution in [2.75, 3.05) is 49.7 Å². The predicted molar refractivity (Wildman–Crippen MR) is 118 cm³/mol. The quantitative estimate of drug-likeness (QED) is 0.686. The minimum Gasteiger partial charge on any atom is -0.385 e. The van der Waals surface area contributed by atoms with Crippen molar-refractivity contribution in [3.8, 4) is 0 Å². The average Bonchev–Trinajstić information content (AvgIpc) is 2.80. The van der Waals surface area contributed by atoms with Crippen LogP contribution in [0.4, 0.5) is 24.5 Å². The molecule has 2 aliphatic heterocycles. The number of piperazine rings is 1. The van der Waals surface area contributed by atoms with Gasteiger partial charge in [0.2, 0.25) is 5.91 Å². The van der Waals surface area contributed by atoms with Gasteiger partial charge in [-0.2, -0.15) is 13.2 Å². The Morgan fingerprint density at radius 3 is 2.66 bits per heavy atom. The summed E-state index contributed by atoms with van der Waals surface area (Å²) < 4.78 is 45.0. The summed E-state index contributed by atoms with van der Waals surface area (Å²) in [5.74, 6) is -0.547. The predicted octanol–water partition coefficient (Wildman–Crippen LogP) is 3.73. The largest absolute Gasteiger partial charge is 0.416 e. The van der Waals surface area contributed by atoms with Crippen LogP contribution in [-0.4, -0.2) is 51.8 Å². The van der Waals surface area contributed by atoms with Gasteiger partial charge in [-0.25, -0.2) is 0 Å². The van der Waals surface area contributed by atoms with Gasteiger partial charge in [0.15, 0.2) is 0 Å². The van der Waals surface area contributed by atoms with E-state index in [0.717, 1.165) is 24.0 Å². The number of methoxy groups -OCH3 is 1. The summed E-state index contributed by atoms with van der Waals surface area (Å²) in [5.41, 5.74) is 1.81. The van der Waals surface area contributed by atoms with E-state index in [1.807, 2.05) is 30.3 Å². The van der Waals surface area contributed by atoms with E-state index in [1.165, 1.54) is 6.07 Å². The van der Waals surface area contributed by atoms with Crippen LogP contribution in [0.2, 0.25) is 0 Å². The molecule has 2 aliphatic rings. The summed E-state index contributed by atoms with van der Waals surface area (Å²) in [6.45, 7) is 3.04. The molecule has 0 radical (unpaired) electrons. The number of ether oxygens (including phenoxy) is 1. The van der Waals surface area contributed by atoms with Gasteiger partial charge in [0.05, 0.1) is 17.5 Å². The SMILES string of the molecule is COCCCNC(=O)[C@@H]1Cc2cc(C(F)(F)F)ccc2N2CCN(c3ccccc3)C[C@@H]12. The first-order chi connectivity index (χ1) is 15.4. The van der Waals surface area contributed by atoms with Gasteiger partial charge < -0.3 is 19.9 Å². The van der Waals surface area contributed by atoms with Gasteiger partial charge in [-0.1, -0.05) is 18.2 Å². The van der Waals surface area contributed by atoms with E-state index in [2.05, 4.69) is 15.1 Å². The highest BCUT2D eigenvalue weighted by Gasteiger charge is 2.42. The van der Waals surface area contributed by atoms with Crippen molar-refractivity contribution in [1.82, 2.24) is 5.32 Å². The third-order valence-electron chi connectivity index (χ3n) is 6.32. The fourth-order valence-corrected chi connectivity index (χ4v) is 4.73. The van der Waals surface area contributed by atoms with E-state index >= 15 is 0 Å². The first-order valence-corrected chi connectivity index (χ1v) is 10.9. The standard InChI is InChI=1S/C24H28F3N3O2/c1-32-13-5-10-28-23(31)20-15-17-14-18(24(25,26)27)8-9-21(17)30-12-11-29(16-22(20)30)19-6-3-2-4-7-19/h2-4,6-9,14,20,22H,5,10-13,15-16H2,1H3,(H,28,31)/t20-,22+/m1/s1. The summed E-state index contributed by atoms with van der Waals surface area (Å²) >= 11 is 0. The monoisotopic (exact) mass is 447 g/mol. The Hall–Kier alpha value is -2.74. The molecule has 0 saturated carbocycles. The molecule has 2 atom stereocenters. The van der Waals surface area contributed by atoms with Crippen LogP contribution in [0.3, 0.4) is 0 Å². The summed E-state index contributed by atoms with van der Waals surface area (Å²) in [7, 11) is 1.61. The summed E-state index contributed by atoms with van der Waals surface area (Å²) in [4.78, 5) is 17.5. The number of fused-ring (bicyclic) bond motifs is 3. The number of halogens is 3. The number of para-hydroxylation sites is 1. The van der Waals surface area contributed by atoms with Crippen LogP contribution in [0.5, 0.6) is 0 Å². The molecule has 8 heteroatoms. The van der Waals surface area contributed by atoms with E-state index in [4.69, 9.17) is 4.74 Å². The molecule has 2 aromatic rings. The molecule has 5 nitrogen and oxygen atoms in total. The number of hydrogen-bond donors (Lipinski definition) is 1. The van der Waals surface area contributed by atoms with Crippen LogP contribution in [0.25, 0.3) is 0 Å². The van der Waals surface area contributed by atoms with E-state index in [0.29, 0.717) is 44.6 Å². The van der Waals surface area contributed by atoms with Gasteiger partial charge in [-0.05, 0) is 48.7 Å². The van der Waals surface area contributed by atoms with Crippen molar-refractivity contribution >= 4 is 17.3 Å². The molecule has 2 aromatic carbocycles. The number of nitrogens with one attached hydrogen (secondary N) is 1. The third-order valence-corrected chi connectivity index (χ3v) is 6.32. The Kier molecular flexibility index (Phi) is 6.60. The smallest absolute Gasteiger partial charge is 0.385 e. The Morgan fingerprint density at radius 2 is 1.94 bits per heavy atom. The summed E-state index contributed by atoms with van der Waals surface area (Å²) in [5, 5.41) is 2.96. The average molecular weight is 448 g/mol. The van der Waals surface area contributed by atoms with Crippen molar-refractivity contribution in [3.05, 3.63) is 59.7 Å². The number of benzene rings is 2. The van der Waals surface area contributed by atoms with Crippen LogP contribution in [0, 0.1) is 5.92 Å². The highest BCUT2D eigenvalue weighted by atomic mass is 19.4. The van der Waals surface area contributed by atoms with Crippen LogP contribution in [-0.2, 0) is 22.1 Å². The van der Waals surface area contributed by atoms with Gasteiger partial charge in [0.25, 0.3) is 0 Å². The number of carbonyl (C=O) groups is 1. The van der Waals surface area contributed by atoms with Crippen LogP contribution < -0.4 is 15.1 Å². The molecule has 0 aliphatic carbocycles. The van der Waals surface area contributed by atoms with Crippen molar-refractivity contribution in [2.24, 2.45) is 5.92 Å². The van der Waals surface area contributed by atoms with E-state index in [-0.39, 0.29) is 11.9 Å². The van der Waals surface area contributed by atoms with E-state index in [1.54, 1.807) is 13.2 Å². The number of amides is 1. The lowest BCUT2D eigenvalue weighted by Crippen LogP contribution is -2.61. The lowest BCUT2D eigenvalue weighted by molar-refractivity contribution is -0.137. The van der Waals surface area contributed by atoms with Gasteiger partial charge >= 0.3 is 6.18 Å². The molecule has 4 rings (SSSR count). The zero-order chi connectivity index (χ0) is 22.7. The number of anilines is 2. The number of nitrogens with zero attached hydrogens (tertiary/aromatic N) is 2. The van der Waals surface area contributed by atoms with Crippen molar-refractivity contribution in [3.63, 3.8) is 0 Å². The zero-order valence-electron chi connectivity index (χ0n) is 18.1. The summed E-state index contributed by atoms with van der Waals surface area (Å²) in [6.07, 6.45) is -3.43. The highest BCUT2D eigenvalue weighted by Crippen LogP contribution is 2.40. The molecule has 1 N–H and O–H groups in total. The molecule has 172 valence electrons. The molecule has 0 aromatic heterocycles. The molecule has 1 saturated heterocycles. The normalized spacial score (nSPS) is 20.5. The maximum Gasteiger partial charge on any atom is 0.416 e. The molecule has 0 unspecified atom stereocenters. The second-order valence-corrected chi connectivity index (χ2v) is 8.33. The fraction of sp³-hybridized carbons (Fsp3) is 0.458. The number of alkyl halides is 3. The molecule has 32 heavy (non-hydrogen) atoms.